The third kappa shape index (κ3) is 1.73. The van der Waals surface area contributed by atoms with Gasteiger partial charge in [0.05, 0.1) is 12.7 Å². The summed E-state index contributed by atoms with van der Waals surface area (Å²) in [5.41, 5.74) is -1.44. The van der Waals surface area contributed by atoms with Gasteiger partial charge in [0.25, 0.3) is 0 Å². The number of hydrogen-bond donors (Lipinski definition) is 2. The molecule has 6 aliphatic rings. The number of nitrogens with zero attached hydrogens (tertiary/aromatic N) is 1. The number of esters is 1. The van der Waals surface area contributed by atoms with E-state index in [-0.39, 0.29) is 29.3 Å². The molecule has 0 radical (unpaired) electrons. The van der Waals surface area contributed by atoms with Crippen molar-refractivity contribution in [1.29, 1.82) is 0 Å². The van der Waals surface area contributed by atoms with Gasteiger partial charge >= 0.3 is 5.97 Å². The van der Waals surface area contributed by atoms with Crippen molar-refractivity contribution < 1.29 is 19.7 Å². The maximum atomic E-state index is 12.6. The molecule has 3 aliphatic carbocycles. The van der Waals surface area contributed by atoms with Crippen LogP contribution in [0.15, 0.2) is 0 Å². The lowest BCUT2D eigenvalue weighted by atomic mass is 9.39. The lowest BCUT2D eigenvalue weighted by Gasteiger charge is -2.71. The highest BCUT2D eigenvalue weighted by Crippen LogP contribution is 2.77. The van der Waals surface area contributed by atoms with Gasteiger partial charge in [0, 0.05) is 36.3 Å². The normalized spacial score (nSPS) is 59.4. The van der Waals surface area contributed by atoms with E-state index in [0.29, 0.717) is 37.2 Å². The summed E-state index contributed by atoms with van der Waals surface area (Å²) in [5, 5.41) is 23.8. The van der Waals surface area contributed by atoms with Crippen molar-refractivity contribution in [3.63, 3.8) is 0 Å². The highest BCUT2D eigenvalue weighted by Gasteiger charge is 2.81. The van der Waals surface area contributed by atoms with Crippen LogP contribution in [0.3, 0.4) is 0 Å². The van der Waals surface area contributed by atoms with Gasteiger partial charge in [-0.05, 0) is 68.6 Å². The summed E-state index contributed by atoms with van der Waals surface area (Å²) >= 11 is 0. The predicted molar refractivity (Wildman–Crippen MR) is 98.4 cm³/mol. The lowest BCUT2D eigenvalue weighted by molar-refractivity contribution is -0.342. The van der Waals surface area contributed by atoms with E-state index < -0.39 is 11.1 Å². The Labute approximate surface area is 161 Å². The monoisotopic (exact) mass is 375 g/mol. The van der Waals surface area contributed by atoms with Gasteiger partial charge in [-0.3, -0.25) is 9.69 Å². The Morgan fingerprint density at radius 3 is 2.78 bits per heavy atom. The number of aliphatic hydroxyl groups excluding tert-OH is 1. The van der Waals surface area contributed by atoms with Crippen molar-refractivity contribution in [3.8, 4) is 0 Å². The average molecular weight is 376 g/mol. The van der Waals surface area contributed by atoms with Crippen molar-refractivity contribution in [1.82, 2.24) is 4.90 Å². The molecule has 27 heavy (non-hydrogen) atoms. The summed E-state index contributed by atoms with van der Waals surface area (Å²) in [6.07, 6.45) is 7.04. The van der Waals surface area contributed by atoms with Crippen LogP contribution in [0.5, 0.6) is 0 Å². The van der Waals surface area contributed by atoms with E-state index in [1.165, 1.54) is 0 Å². The topological polar surface area (TPSA) is 70.0 Å². The highest BCUT2D eigenvalue weighted by molar-refractivity contribution is 5.70. The third-order valence-electron chi connectivity index (χ3n) is 10.3. The van der Waals surface area contributed by atoms with Gasteiger partial charge in [-0.25, -0.2) is 0 Å². The summed E-state index contributed by atoms with van der Waals surface area (Å²) in [6, 6.07) is 0. The van der Waals surface area contributed by atoms with Crippen molar-refractivity contribution in [2.75, 3.05) is 19.7 Å². The molecule has 9 atom stereocenters. The van der Waals surface area contributed by atoms with E-state index in [1.807, 2.05) is 0 Å². The standard InChI is InChI=1S/C22H33NO4/c1-13-10-23-11-15-4-2-14-3-5-17(24)19(14)21-9-7-18(25)27-12-20(15,21)8-6-16(13)22(21,23)26/h13-17,19,24,26H,2-12H2,1H3/t13-,14-,15-,16-,17-,19-,20-,21-,22+/m1/s1. The first kappa shape index (κ1) is 17.2. The SMILES string of the molecule is C[C@@H]1CN2C[C@H]3CC[C@@H]4CC[C@@H](O)[C@@H]4[C@]45CCC(=O)OC[C@]34CC[C@H]1[C@@]25O. The highest BCUT2D eigenvalue weighted by atomic mass is 16.5. The van der Waals surface area contributed by atoms with Gasteiger partial charge in [0.15, 0.2) is 0 Å². The molecule has 6 rings (SSSR count). The van der Waals surface area contributed by atoms with E-state index in [0.717, 1.165) is 51.6 Å². The summed E-state index contributed by atoms with van der Waals surface area (Å²) in [7, 11) is 0. The second kappa shape index (κ2) is 5.28. The molecule has 4 bridgehead atoms. The van der Waals surface area contributed by atoms with Crippen molar-refractivity contribution in [3.05, 3.63) is 0 Å². The second-order valence-corrected chi connectivity index (χ2v) is 10.7. The van der Waals surface area contributed by atoms with Crippen LogP contribution in [0.1, 0.15) is 58.3 Å². The minimum absolute atomic E-state index is 0.105. The smallest absolute Gasteiger partial charge is 0.305 e. The molecule has 150 valence electrons. The van der Waals surface area contributed by atoms with E-state index in [1.54, 1.807) is 0 Å². The zero-order valence-corrected chi connectivity index (χ0v) is 16.4. The number of rotatable bonds is 0. The number of cyclic esters (lactones) is 1. The van der Waals surface area contributed by atoms with Gasteiger partial charge in [0.1, 0.15) is 5.72 Å². The molecular weight excluding hydrogens is 342 g/mol. The Hall–Kier alpha value is -0.650. The summed E-state index contributed by atoms with van der Waals surface area (Å²) < 4.78 is 5.83. The van der Waals surface area contributed by atoms with Gasteiger partial charge in [-0.1, -0.05) is 6.92 Å². The molecule has 0 amide bonds. The van der Waals surface area contributed by atoms with Crippen molar-refractivity contribution in [2.24, 2.45) is 40.4 Å². The minimum Gasteiger partial charge on any atom is -0.465 e. The minimum atomic E-state index is -0.881. The average Bonchev–Trinajstić information content (AvgIpc) is 3.05. The van der Waals surface area contributed by atoms with Crippen molar-refractivity contribution >= 4 is 5.97 Å². The Bertz CT molecular complexity index is 683. The quantitative estimate of drug-likeness (QED) is 0.635. The Morgan fingerprint density at radius 1 is 1.11 bits per heavy atom. The number of ether oxygens (including phenoxy) is 1. The third-order valence-corrected chi connectivity index (χ3v) is 10.3. The second-order valence-electron chi connectivity index (χ2n) is 10.7. The zero-order valence-electron chi connectivity index (χ0n) is 16.4. The molecule has 3 saturated heterocycles. The fourth-order valence-corrected chi connectivity index (χ4v) is 9.54. The van der Waals surface area contributed by atoms with E-state index in [2.05, 4.69) is 11.8 Å². The summed E-state index contributed by atoms with van der Waals surface area (Å²) in [6.45, 7) is 4.65. The molecule has 0 spiro atoms. The van der Waals surface area contributed by atoms with Crippen LogP contribution in [-0.2, 0) is 9.53 Å². The van der Waals surface area contributed by atoms with Gasteiger partial charge in [0.2, 0.25) is 0 Å². The van der Waals surface area contributed by atoms with E-state index >= 15 is 0 Å². The summed E-state index contributed by atoms with van der Waals surface area (Å²) in [4.78, 5) is 14.8. The molecular formula is C22H33NO4. The number of piperidine rings is 1. The summed E-state index contributed by atoms with van der Waals surface area (Å²) in [5.74, 6) is 1.68. The van der Waals surface area contributed by atoms with Gasteiger partial charge in [-0.2, -0.15) is 0 Å². The number of aliphatic hydroxyl groups is 2. The van der Waals surface area contributed by atoms with Crippen LogP contribution in [-0.4, -0.2) is 52.6 Å². The maximum absolute atomic E-state index is 12.6. The predicted octanol–water partition coefficient (Wildman–Crippen LogP) is 2.16. The van der Waals surface area contributed by atoms with Gasteiger partial charge < -0.3 is 14.9 Å². The number of fused-ring (bicyclic) bond motifs is 1. The first-order valence-corrected chi connectivity index (χ1v) is 11.3. The van der Waals surface area contributed by atoms with Crippen molar-refractivity contribution in [2.45, 2.75) is 70.1 Å². The molecule has 0 aromatic carbocycles. The zero-order chi connectivity index (χ0) is 18.6. The Morgan fingerprint density at radius 2 is 1.93 bits per heavy atom. The van der Waals surface area contributed by atoms with Crippen LogP contribution < -0.4 is 0 Å². The van der Waals surface area contributed by atoms with E-state index in [9.17, 15) is 15.0 Å². The molecule has 0 unspecified atom stereocenters. The molecule has 3 heterocycles. The fourth-order valence-electron chi connectivity index (χ4n) is 9.54. The maximum Gasteiger partial charge on any atom is 0.305 e. The molecule has 6 fully saturated rings. The largest absolute Gasteiger partial charge is 0.465 e. The Balaban J connectivity index is 1.65. The van der Waals surface area contributed by atoms with E-state index in [4.69, 9.17) is 4.74 Å². The van der Waals surface area contributed by atoms with Crippen LogP contribution in [0.25, 0.3) is 0 Å². The van der Waals surface area contributed by atoms with Gasteiger partial charge in [-0.15, -0.1) is 0 Å². The first-order valence-electron chi connectivity index (χ1n) is 11.3. The van der Waals surface area contributed by atoms with Crippen LogP contribution >= 0.6 is 0 Å². The lowest BCUT2D eigenvalue weighted by Crippen LogP contribution is -2.78. The molecule has 5 nitrogen and oxygen atoms in total. The van der Waals surface area contributed by atoms with Crippen LogP contribution in [0, 0.1) is 40.4 Å². The number of carbonyl (C=O) groups excluding carboxylic acids is 1. The Kier molecular flexibility index (Phi) is 3.37. The molecule has 3 saturated carbocycles. The molecule has 5 heteroatoms. The van der Waals surface area contributed by atoms with Crippen LogP contribution in [0.2, 0.25) is 0 Å². The fraction of sp³-hybridized carbons (Fsp3) is 0.955. The van der Waals surface area contributed by atoms with Crippen LogP contribution in [0.4, 0.5) is 0 Å². The molecule has 2 N–H and O–H groups in total. The molecule has 0 aromatic heterocycles. The first-order chi connectivity index (χ1) is 12.9. The molecule has 0 aromatic rings. The number of hydrogen-bond acceptors (Lipinski definition) is 5. The number of carbonyl (C=O) groups is 1. The molecule has 3 aliphatic heterocycles.